The number of phenolic OH excluding ortho intramolecular Hbond substituents is 1. The molecule has 1 saturated heterocycles. The maximum Gasteiger partial charge on any atom is 0.115 e. The second kappa shape index (κ2) is 5.97. The van der Waals surface area contributed by atoms with E-state index in [0.29, 0.717) is 5.75 Å². The van der Waals surface area contributed by atoms with Crippen molar-refractivity contribution in [3.63, 3.8) is 0 Å². The maximum absolute atomic E-state index is 9.29. The van der Waals surface area contributed by atoms with Crippen LogP contribution < -0.4 is 10.2 Å². The third kappa shape index (κ3) is 3.11. The van der Waals surface area contributed by atoms with Gasteiger partial charge in [-0.1, -0.05) is 24.3 Å². The van der Waals surface area contributed by atoms with E-state index >= 15 is 0 Å². The third-order valence-corrected chi connectivity index (χ3v) is 3.76. The highest BCUT2D eigenvalue weighted by molar-refractivity contribution is 5.48. The summed E-state index contributed by atoms with van der Waals surface area (Å²) in [7, 11) is 0. The topological polar surface area (TPSA) is 35.5 Å². The molecule has 3 nitrogen and oxygen atoms in total. The summed E-state index contributed by atoms with van der Waals surface area (Å²) >= 11 is 0. The van der Waals surface area contributed by atoms with Gasteiger partial charge in [0.2, 0.25) is 0 Å². The summed E-state index contributed by atoms with van der Waals surface area (Å²) in [5.74, 6) is 0.322. The van der Waals surface area contributed by atoms with Gasteiger partial charge in [-0.3, -0.25) is 0 Å². The van der Waals surface area contributed by atoms with E-state index in [4.69, 9.17) is 0 Å². The zero-order valence-corrected chi connectivity index (χ0v) is 11.5. The van der Waals surface area contributed by atoms with E-state index in [-0.39, 0.29) is 0 Å². The molecular weight excluding hydrogens is 248 g/mol. The average Bonchev–Trinajstić information content (AvgIpc) is 2.51. The quantitative estimate of drug-likeness (QED) is 0.897. The minimum Gasteiger partial charge on any atom is -0.508 e. The average molecular weight is 268 g/mol. The Morgan fingerprint density at radius 2 is 1.40 bits per heavy atom. The fourth-order valence-corrected chi connectivity index (χ4v) is 2.60. The van der Waals surface area contributed by atoms with E-state index in [9.17, 15) is 5.11 Å². The Kier molecular flexibility index (Phi) is 3.88. The Balaban J connectivity index is 1.67. The van der Waals surface area contributed by atoms with Gasteiger partial charge in [-0.25, -0.2) is 0 Å². The van der Waals surface area contributed by atoms with Crippen LogP contribution in [0.2, 0.25) is 0 Å². The Labute approximate surface area is 119 Å². The zero-order chi connectivity index (χ0) is 13.8. The first-order chi connectivity index (χ1) is 9.81. The van der Waals surface area contributed by atoms with Gasteiger partial charge in [0, 0.05) is 31.9 Å². The van der Waals surface area contributed by atoms with E-state index in [2.05, 4.69) is 34.5 Å². The van der Waals surface area contributed by atoms with Crippen molar-refractivity contribution < 1.29 is 5.11 Å². The number of rotatable bonds is 3. The third-order valence-electron chi connectivity index (χ3n) is 3.76. The molecule has 0 radical (unpaired) electrons. The SMILES string of the molecule is Oc1ccc(Cc2ccc(N3CCNCC3)cc2)cc1. The number of nitrogens with one attached hydrogen (secondary N) is 1. The lowest BCUT2D eigenvalue weighted by Crippen LogP contribution is -2.43. The Morgan fingerprint density at radius 1 is 0.850 bits per heavy atom. The number of anilines is 1. The number of aromatic hydroxyl groups is 1. The highest BCUT2D eigenvalue weighted by atomic mass is 16.3. The van der Waals surface area contributed by atoms with Gasteiger partial charge >= 0.3 is 0 Å². The lowest BCUT2D eigenvalue weighted by molar-refractivity contribution is 0.475. The Hall–Kier alpha value is -2.00. The summed E-state index contributed by atoms with van der Waals surface area (Å²) in [6, 6.07) is 16.2. The van der Waals surface area contributed by atoms with Crippen LogP contribution in [0.5, 0.6) is 5.75 Å². The second-order valence-corrected chi connectivity index (χ2v) is 5.25. The molecule has 1 aliphatic heterocycles. The van der Waals surface area contributed by atoms with Crippen LogP contribution in [0.25, 0.3) is 0 Å². The first-order valence-corrected chi connectivity index (χ1v) is 7.14. The number of hydrogen-bond acceptors (Lipinski definition) is 3. The van der Waals surface area contributed by atoms with Gasteiger partial charge in [-0.2, -0.15) is 0 Å². The van der Waals surface area contributed by atoms with Crippen molar-refractivity contribution in [3.8, 4) is 5.75 Å². The van der Waals surface area contributed by atoms with Gasteiger partial charge in [0.15, 0.2) is 0 Å². The van der Waals surface area contributed by atoms with Gasteiger partial charge in [0.05, 0.1) is 0 Å². The minimum atomic E-state index is 0.322. The molecule has 2 aromatic carbocycles. The number of piperazine rings is 1. The molecule has 0 saturated carbocycles. The van der Waals surface area contributed by atoms with Crippen molar-refractivity contribution in [1.82, 2.24) is 5.32 Å². The highest BCUT2D eigenvalue weighted by Gasteiger charge is 2.09. The monoisotopic (exact) mass is 268 g/mol. The highest BCUT2D eigenvalue weighted by Crippen LogP contribution is 2.18. The van der Waals surface area contributed by atoms with Gasteiger partial charge in [0.25, 0.3) is 0 Å². The molecule has 0 aliphatic carbocycles. The van der Waals surface area contributed by atoms with Crippen molar-refractivity contribution >= 4 is 5.69 Å². The van der Waals surface area contributed by atoms with Gasteiger partial charge in [0.1, 0.15) is 5.75 Å². The fourth-order valence-electron chi connectivity index (χ4n) is 2.60. The van der Waals surface area contributed by atoms with E-state index in [1.807, 2.05) is 12.1 Å². The smallest absolute Gasteiger partial charge is 0.115 e. The predicted molar refractivity (Wildman–Crippen MR) is 82.4 cm³/mol. The summed E-state index contributed by atoms with van der Waals surface area (Å²) in [6.45, 7) is 4.29. The molecule has 0 bridgehead atoms. The maximum atomic E-state index is 9.29. The van der Waals surface area contributed by atoms with Crippen LogP contribution in [0.3, 0.4) is 0 Å². The van der Waals surface area contributed by atoms with Crippen molar-refractivity contribution in [2.75, 3.05) is 31.1 Å². The molecule has 20 heavy (non-hydrogen) atoms. The first kappa shape index (κ1) is 13.0. The van der Waals surface area contributed by atoms with Crippen molar-refractivity contribution in [2.24, 2.45) is 0 Å². The molecule has 1 heterocycles. The molecule has 0 spiro atoms. The van der Waals surface area contributed by atoms with E-state index in [0.717, 1.165) is 32.6 Å². The second-order valence-electron chi connectivity index (χ2n) is 5.25. The fraction of sp³-hybridized carbons (Fsp3) is 0.294. The molecule has 2 aromatic rings. The van der Waals surface area contributed by atoms with Crippen molar-refractivity contribution in [2.45, 2.75) is 6.42 Å². The molecule has 2 N–H and O–H groups in total. The first-order valence-electron chi connectivity index (χ1n) is 7.14. The van der Waals surface area contributed by atoms with Gasteiger partial charge < -0.3 is 15.3 Å². The van der Waals surface area contributed by atoms with Gasteiger partial charge in [-0.05, 0) is 41.8 Å². The van der Waals surface area contributed by atoms with Gasteiger partial charge in [-0.15, -0.1) is 0 Å². The van der Waals surface area contributed by atoms with Crippen LogP contribution in [0, 0.1) is 0 Å². The van der Waals surface area contributed by atoms with Crippen LogP contribution in [0.15, 0.2) is 48.5 Å². The summed E-state index contributed by atoms with van der Waals surface area (Å²) in [4.78, 5) is 2.42. The molecule has 1 aliphatic rings. The molecule has 104 valence electrons. The molecule has 0 atom stereocenters. The lowest BCUT2D eigenvalue weighted by atomic mass is 10.0. The number of nitrogens with zero attached hydrogens (tertiary/aromatic N) is 1. The molecule has 0 amide bonds. The molecule has 3 rings (SSSR count). The molecular formula is C17H20N2O. The van der Waals surface area contributed by atoms with E-state index < -0.39 is 0 Å². The van der Waals surface area contributed by atoms with Crippen LogP contribution in [-0.4, -0.2) is 31.3 Å². The van der Waals surface area contributed by atoms with Crippen LogP contribution >= 0.6 is 0 Å². The Morgan fingerprint density at radius 3 is 2.00 bits per heavy atom. The van der Waals surface area contributed by atoms with E-state index in [1.54, 1.807) is 12.1 Å². The normalized spacial score (nSPS) is 15.3. The molecule has 0 unspecified atom stereocenters. The number of hydrogen-bond donors (Lipinski definition) is 2. The summed E-state index contributed by atoms with van der Waals surface area (Å²) in [5.41, 5.74) is 3.83. The van der Waals surface area contributed by atoms with Crippen LogP contribution in [0.1, 0.15) is 11.1 Å². The summed E-state index contributed by atoms with van der Waals surface area (Å²) < 4.78 is 0. The summed E-state index contributed by atoms with van der Waals surface area (Å²) in [6.07, 6.45) is 0.905. The van der Waals surface area contributed by atoms with E-state index in [1.165, 1.54) is 16.8 Å². The largest absolute Gasteiger partial charge is 0.508 e. The lowest BCUT2D eigenvalue weighted by Gasteiger charge is -2.29. The molecule has 3 heteroatoms. The minimum absolute atomic E-state index is 0.322. The standard InChI is InChI=1S/C17H20N2O/c20-17-7-3-15(4-8-17)13-14-1-5-16(6-2-14)19-11-9-18-10-12-19/h1-8,18,20H,9-13H2. The van der Waals surface area contributed by atoms with Crippen molar-refractivity contribution in [3.05, 3.63) is 59.7 Å². The van der Waals surface area contributed by atoms with Crippen molar-refractivity contribution in [1.29, 1.82) is 0 Å². The Bertz CT molecular complexity index is 542. The zero-order valence-electron chi connectivity index (χ0n) is 11.5. The molecule has 0 aromatic heterocycles. The van der Waals surface area contributed by atoms with Crippen LogP contribution in [-0.2, 0) is 6.42 Å². The summed E-state index contributed by atoms with van der Waals surface area (Å²) in [5, 5.41) is 12.7. The number of phenols is 1. The number of benzene rings is 2. The molecule has 1 fully saturated rings. The van der Waals surface area contributed by atoms with Crippen LogP contribution in [0.4, 0.5) is 5.69 Å². The predicted octanol–water partition coefficient (Wildman–Crippen LogP) is 2.39.